The molecule has 2 N–H and O–H groups in total. The van der Waals surface area contributed by atoms with Gasteiger partial charge in [0, 0.05) is 5.39 Å². The van der Waals surface area contributed by atoms with Gasteiger partial charge in [-0.1, -0.05) is 25.1 Å². The van der Waals surface area contributed by atoms with Crippen LogP contribution in [0.15, 0.2) is 34.7 Å². The second-order valence-corrected chi connectivity index (χ2v) is 4.72. The maximum Gasteiger partial charge on any atom is 0.326 e. The van der Waals surface area contributed by atoms with Gasteiger partial charge in [-0.15, -0.1) is 0 Å². The predicted molar refractivity (Wildman–Crippen MR) is 74.5 cm³/mol. The molecule has 0 aliphatic carbocycles. The van der Waals surface area contributed by atoms with E-state index in [0.717, 1.165) is 5.39 Å². The zero-order valence-corrected chi connectivity index (χ0v) is 11.4. The Bertz CT molecular complexity index is 599. The van der Waals surface area contributed by atoms with Crippen LogP contribution in [-0.2, 0) is 9.59 Å². The summed E-state index contributed by atoms with van der Waals surface area (Å²) >= 11 is 0. The third kappa shape index (κ3) is 2.82. The number of carboxylic acids is 1. The number of benzene rings is 1. The summed E-state index contributed by atoms with van der Waals surface area (Å²) in [6.45, 7) is 3.41. The first kappa shape index (κ1) is 14.1. The van der Waals surface area contributed by atoms with Crippen molar-refractivity contribution in [2.75, 3.05) is 0 Å². The highest BCUT2D eigenvalue weighted by atomic mass is 16.4. The number of hydrogen-bond donors (Lipinski definition) is 2. The summed E-state index contributed by atoms with van der Waals surface area (Å²) in [6.07, 6.45) is 0.341. The van der Waals surface area contributed by atoms with E-state index >= 15 is 0 Å². The largest absolute Gasteiger partial charge is 0.480 e. The molecular weight excluding hydrogens is 258 g/mol. The third-order valence-electron chi connectivity index (χ3n) is 3.29. The van der Waals surface area contributed by atoms with Crippen LogP contribution in [0.25, 0.3) is 11.0 Å². The Hall–Kier alpha value is -2.30. The summed E-state index contributed by atoms with van der Waals surface area (Å²) in [5.41, 5.74) is 0.715. The minimum Gasteiger partial charge on any atom is -0.480 e. The smallest absolute Gasteiger partial charge is 0.326 e. The molecule has 0 bridgehead atoms. The molecule has 5 nitrogen and oxygen atoms in total. The Labute approximate surface area is 116 Å². The summed E-state index contributed by atoms with van der Waals surface area (Å²) in [6, 6.07) is 8.42. The molecule has 2 rings (SSSR count). The summed E-state index contributed by atoms with van der Waals surface area (Å²) in [5, 5.41) is 12.4. The zero-order chi connectivity index (χ0) is 14.7. The van der Waals surface area contributed by atoms with E-state index in [4.69, 9.17) is 9.52 Å². The molecule has 0 radical (unpaired) electrons. The number of hydrogen-bond acceptors (Lipinski definition) is 3. The number of fused-ring (bicyclic) bond motifs is 1. The maximum absolute atomic E-state index is 12.1. The third-order valence-corrected chi connectivity index (χ3v) is 3.29. The molecule has 0 spiro atoms. The molecule has 0 saturated heterocycles. The number of carbonyl (C=O) groups excluding carboxylic acids is 1. The molecular formula is C15H17NO4. The van der Waals surface area contributed by atoms with Gasteiger partial charge < -0.3 is 14.8 Å². The Morgan fingerprint density at radius 3 is 2.65 bits per heavy atom. The van der Waals surface area contributed by atoms with Gasteiger partial charge in [-0.3, -0.25) is 4.79 Å². The van der Waals surface area contributed by atoms with Crippen molar-refractivity contribution in [1.29, 1.82) is 0 Å². The molecule has 2 aromatic rings. The van der Waals surface area contributed by atoms with Gasteiger partial charge in [0.25, 0.3) is 0 Å². The highest BCUT2D eigenvalue weighted by Crippen LogP contribution is 2.25. The number of rotatable bonds is 5. The first-order valence-electron chi connectivity index (χ1n) is 6.54. The predicted octanol–water partition coefficient (Wildman–Crippen LogP) is 2.52. The number of carboxylic acid groups (broad SMARTS) is 1. The monoisotopic (exact) mass is 275 g/mol. The molecule has 5 heteroatoms. The van der Waals surface area contributed by atoms with E-state index in [1.165, 1.54) is 0 Å². The van der Waals surface area contributed by atoms with Crippen LogP contribution in [0.4, 0.5) is 0 Å². The van der Waals surface area contributed by atoms with E-state index in [0.29, 0.717) is 17.8 Å². The number of nitrogens with one attached hydrogen (secondary N) is 1. The average molecular weight is 275 g/mol. The SMILES string of the molecule is CCC(NC(=O)C(C)c1cc2ccccc2o1)C(=O)O. The quantitative estimate of drug-likeness (QED) is 0.878. The first-order valence-corrected chi connectivity index (χ1v) is 6.54. The molecule has 2 atom stereocenters. The average Bonchev–Trinajstić information content (AvgIpc) is 2.86. The van der Waals surface area contributed by atoms with Crippen molar-refractivity contribution < 1.29 is 19.1 Å². The molecule has 0 fully saturated rings. The lowest BCUT2D eigenvalue weighted by atomic mass is 10.1. The van der Waals surface area contributed by atoms with Gasteiger partial charge in [-0.05, 0) is 25.5 Å². The summed E-state index contributed by atoms with van der Waals surface area (Å²) in [5.74, 6) is -1.38. The molecule has 0 aliphatic rings. The highest BCUT2D eigenvalue weighted by molar-refractivity contribution is 5.88. The van der Waals surface area contributed by atoms with Crippen LogP contribution < -0.4 is 5.32 Å². The van der Waals surface area contributed by atoms with E-state index < -0.39 is 17.9 Å². The van der Waals surface area contributed by atoms with Crippen molar-refractivity contribution in [3.63, 3.8) is 0 Å². The van der Waals surface area contributed by atoms with Crippen molar-refractivity contribution in [1.82, 2.24) is 5.32 Å². The van der Waals surface area contributed by atoms with Gasteiger partial charge in [-0.25, -0.2) is 4.79 Å². The van der Waals surface area contributed by atoms with Crippen molar-refractivity contribution in [3.8, 4) is 0 Å². The molecule has 106 valence electrons. The Balaban J connectivity index is 2.15. The van der Waals surface area contributed by atoms with Crippen LogP contribution in [-0.4, -0.2) is 23.0 Å². The van der Waals surface area contributed by atoms with E-state index in [9.17, 15) is 9.59 Å². The Kier molecular flexibility index (Phi) is 4.08. The number of carbonyl (C=O) groups is 2. The van der Waals surface area contributed by atoms with Gasteiger partial charge in [-0.2, -0.15) is 0 Å². The fourth-order valence-corrected chi connectivity index (χ4v) is 1.98. The summed E-state index contributed by atoms with van der Waals surface area (Å²) < 4.78 is 5.62. The van der Waals surface area contributed by atoms with Gasteiger partial charge in [0.1, 0.15) is 17.4 Å². The minimum atomic E-state index is -1.03. The van der Waals surface area contributed by atoms with Gasteiger partial charge in [0.15, 0.2) is 0 Å². The van der Waals surface area contributed by atoms with Gasteiger partial charge in [0.05, 0.1) is 5.92 Å². The Morgan fingerprint density at radius 2 is 2.05 bits per heavy atom. The van der Waals surface area contributed by atoms with E-state index in [2.05, 4.69) is 5.32 Å². The number of furan rings is 1. The van der Waals surface area contributed by atoms with Crippen LogP contribution in [0.2, 0.25) is 0 Å². The van der Waals surface area contributed by atoms with Gasteiger partial charge in [0.2, 0.25) is 5.91 Å². The second-order valence-electron chi connectivity index (χ2n) is 4.72. The molecule has 1 amide bonds. The van der Waals surface area contributed by atoms with E-state index in [-0.39, 0.29) is 5.91 Å². The molecule has 0 saturated carbocycles. The molecule has 0 aliphatic heterocycles. The van der Waals surface area contributed by atoms with Crippen LogP contribution in [0.5, 0.6) is 0 Å². The van der Waals surface area contributed by atoms with Crippen molar-refractivity contribution >= 4 is 22.8 Å². The lowest BCUT2D eigenvalue weighted by molar-refractivity contribution is -0.142. The first-order chi connectivity index (χ1) is 9.52. The minimum absolute atomic E-state index is 0.341. The van der Waals surface area contributed by atoms with Crippen LogP contribution in [0.3, 0.4) is 0 Å². The maximum atomic E-state index is 12.1. The summed E-state index contributed by atoms with van der Waals surface area (Å²) in [4.78, 5) is 23.0. The van der Waals surface area contributed by atoms with E-state index in [1.54, 1.807) is 19.9 Å². The van der Waals surface area contributed by atoms with E-state index in [1.807, 2.05) is 24.3 Å². The number of amides is 1. The normalized spacial score (nSPS) is 13.9. The molecule has 2 unspecified atom stereocenters. The lowest BCUT2D eigenvalue weighted by Crippen LogP contribution is -2.42. The fraction of sp³-hybridized carbons (Fsp3) is 0.333. The van der Waals surface area contributed by atoms with Crippen molar-refractivity contribution in [2.45, 2.75) is 32.2 Å². The van der Waals surface area contributed by atoms with Gasteiger partial charge >= 0.3 is 5.97 Å². The molecule has 1 aromatic heterocycles. The molecule has 20 heavy (non-hydrogen) atoms. The molecule has 1 aromatic carbocycles. The number of aliphatic carboxylic acids is 1. The zero-order valence-electron chi connectivity index (χ0n) is 11.4. The van der Waals surface area contributed by atoms with Crippen LogP contribution in [0, 0.1) is 0 Å². The lowest BCUT2D eigenvalue weighted by Gasteiger charge is -2.15. The van der Waals surface area contributed by atoms with Crippen molar-refractivity contribution in [2.24, 2.45) is 0 Å². The van der Waals surface area contributed by atoms with Crippen LogP contribution >= 0.6 is 0 Å². The van der Waals surface area contributed by atoms with Crippen molar-refractivity contribution in [3.05, 3.63) is 36.1 Å². The van der Waals surface area contributed by atoms with Crippen LogP contribution in [0.1, 0.15) is 31.9 Å². The summed E-state index contributed by atoms with van der Waals surface area (Å²) in [7, 11) is 0. The fourth-order valence-electron chi connectivity index (χ4n) is 1.98. The molecule has 1 heterocycles. The topological polar surface area (TPSA) is 79.5 Å². The second kappa shape index (κ2) is 5.77. The Morgan fingerprint density at radius 1 is 1.35 bits per heavy atom. The number of para-hydroxylation sites is 1. The highest BCUT2D eigenvalue weighted by Gasteiger charge is 2.24. The standard InChI is InChI=1S/C15H17NO4/c1-3-11(15(18)19)16-14(17)9(2)13-8-10-6-4-5-7-12(10)20-13/h4-9,11H,3H2,1-2H3,(H,16,17)(H,18,19).